The minimum Gasteiger partial charge on any atom is -0.381 e. The first-order valence-electron chi connectivity index (χ1n) is 8.32. The zero-order chi connectivity index (χ0) is 21.6. The van der Waals surface area contributed by atoms with Gasteiger partial charge in [0, 0.05) is 12.3 Å². The van der Waals surface area contributed by atoms with E-state index in [1.54, 1.807) is 0 Å². The molecule has 0 fully saturated rings. The average molecular weight is 435 g/mol. The molecule has 1 aliphatic rings. The topological polar surface area (TPSA) is 128 Å². The molecule has 13 heteroatoms. The summed E-state index contributed by atoms with van der Waals surface area (Å²) in [7, 11) is 0. The Kier molecular flexibility index (Phi) is 7.84. The number of hydroxylamine groups is 2. The minimum atomic E-state index is -3.02. The Labute approximate surface area is 168 Å². The van der Waals surface area contributed by atoms with Gasteiger partial charge in [0.1, 0.15) is 16.5 Å². The van der Waals surface area contributed by atoms with Gasteiger partial charge in [-0.2, -0.15) is 0 Å². The summed E-state index contributed by atoms with van der Waals surface area (Å²) in [5.41, 5.74) is 1.98. The van der Waals surface area contributed by atoms with Crippen LogP contribution in [0.15, 0.2) is 28.3 Å². The number of aliphatic imine (C=N–C) groups is 1. The van der Waals surface area contributed by atoms with Crippen LogP contribution in [-0.2, 0) is 9.73 Å². The third kappa shape index (κ3) is 6.32. The minimum absolute atomic E-state index is 0.0197. The quantitative estimate of drug-likeness (QED) is 0.191. The lowest BCUT2D eigenvalue weighted by Crippen LogP contribution is -2.44. The number of carbonyl (C=O) groups is 1. The Morgan fingerprint density at radius 1 is 1.48 bits per heavy atom. The van der Waals surface area contributed by atoms with E-state index in [0.717, 1.165) is 23.9 Å². The third-order valence-corrected chi connectivity index (χ3v) is 4.61. The van der Waals surface area contributed by atoms with Crippen molar-refractivity contribution < 1.29 is 33.2 Å². The molecule has 0 saturated carbocycles. The SMILES string of the molecule is CC(C)(O)C(=O)NCCSC1=NONC1C(=Nc1ccc(F)c(C(F)F)c1)NO. The van der Waals surface area contributed by atoms with E-state index >= 15 is 0 Å². The van der Waals surface area contributed by atoms with Crippen molar-refractivity contribution in [1.82, 2.24) is 16.3 Å². The predicted octanol–water partition coefficient (Wildman–Crippen LogP) is 1.61. The molecule has 0 aromatic heterocycles. The van der Waals surface area contributed by atoms with Crippen molar-refractivity contribution in [1.29, 1.82) is 0 Å². The molecule has 0 bridgehead atoms. The molecule has 1 aromatic rings. The number of benzene rings is 1. The Balaban J connectivity index is 2.03. The molecule has 0 saturated heterocycles. The smallest absolute Gasteiger partial charge is 0.266 e. The van der Waals surface area contributed by atoms with Gasteiger partial charge in [-0.25, -0.2) is 18.2 Å². The van der Waals surface area contributed by atoms with Crippen molar-refractivity contribution in [2.75, 3.05) is 12.3 Å². The van der Waals surface area contributed by atoms with Gasteiger partial charge in [-0.3, -0.25) is 20.4 Å². The molecule has 0 radical (unpaired) electrons. The standard InChI is InChI=1S/C16H20F3N5O4S/c1-16(2,26)15(25)20-5-6-29-14-11(23-28-24-14)13(22-27)21-8-3-4-10(17)9(7-8)12(18)19/h3-4,7,11-12,23,26-27H,5-6H2,1-2H3,(H,20,25)(H,21,22). The molecule has 2 rings (SSSR count). The lowest BCUT2D eigenvalue weighted by atomic mass is 10.1. The van der Waals surface area contributed by atoms with E-state index in [2.05, 4.69) is 20.9 Å². The van der Waals surface area contributed by atoms with E-state index in [1.807, 2.05) is 5.48 Å². The molecule has 29 heavy (non-hydrogen) atoms. The Bertz CT molecular complexity index is 801. The van der Waals surface area contributed by atoms with Gasteiger partial charge in [0.25, 0.3) is 12.3 Å². The van der Waals surface area contributed by atoms with Gasteiger partial charge >= 0.3 is 0 Å². The van der Waals surface area contributed by atoms with Crippen molar-refractivity contribution in [2.24, 2.45) is 10.1 Å². The van der Waals surface area contributed by atoms with Crippen LogP contribution in [-0.4, -0.2) is 51.0 Å². The largest absolute Gasteiger partial charge is 0.381 e. The van der Waals surface area contributed by atoms with Crippen molar-refractivity contribution >= 4 is 34.2 Å². The molecule has 1 amide bonds. The zero-order valence-electron chi connectivity index (χ0n) is 15.4. The maximum Gasteiger partial charge on any atom is 0.266 e. The first-order valence-corrected chi connectivity index (χ1v) is 9.31. The number of thioether (sulfide) groups is 1. The normalized spacial score (nSPS) is 17.2. The summed E-state index contributed by atoms with van der Waals surface area (Å²) in [6.45, 7) is 2.93. The average Bonchev–Trinajstić information content (AvgIpc) is 3.11. The van der Waals surface area contributed by atoms with E-state index in [4.69, 9.17) is 4.94 Å². The highest BCUT2D eigenvalue weighted by Gasteiger charge is 2.29. The number of hydrogen-bond acceptors (Lipinski definition) is 8. The lowest BCUT2D eigenvalue weighted by molar-refractivity contribution is -0.136. The monoisotopic (exact) mass is 435 g/mol. The summed E-state index contributed by atoms with van der Waals surface area (Å²) >= 11 is 1.16. The summed E-state index contributed by atoms with van der Waals surface area (Å²) in [5, 5.41) is 25.6. The molecule has 1 unspecified atom stereocenters. The number of nitrogens with zero attached hydrogens (tertiary/aromatic N) is 2. The van der Waals surface area contributed by atoms with Gasteiger partial charge in [-0.05, 0) is 32.0 Å². The maximum absolute atomic E-state index is 13.4. The van der Waals surface area contributed by atoms with Crippen LogP contribution in [0.25, 0.3) is 0 Å². The molecule has 1 aliphatic heterocycles. The Hall–Kier alpha value is -2.35. The fourth-order valence-corrected chi connectivity index (χ4v) is 2.94. The number of aliphatic hydroxyl groups is 1. The predicted molar refractivity (Wildman–Crippen MR) is 101 cm³/mol. The van der Waals surface area contributed by atoms with Gasteiger partial charge in [0.05, 0.1) is 11.3 Å². The zero-order valence-corrected chi connectivity index (χ0v) is 16.3. The highest BCUT2D eigenvalue weighted by molar-refractivity contribution is 8.14. The van der Waals surface area contributed by atoms with Gasteiger partial charge < -0.3 is 10.4 Å². The number of oxime groups is 1. The number of amides is 1. The summed E-state index contributed by atoms with van der Waals surface area (Å²) in [4.78, 5) is 20.4. The van der Waals surface area contributed by atoms with E-state index < -0.39 is 35.4 Å². The van der Waals surface area contributed by atoms with Crippen molar-refractivity contribution in [3.8, 4) is 0 Å². The van der Waals surface area contributed by atoms with Crippen molar-refractivity contribution in [3.63, 3.8) is 0 Å². The molecular formula is C16H20F3N5O4S. The summed E-state index contributed by atoms with van der Waals surface area (Å²) in [6, 6.07) is 2.03. The Morgan fingerprint density at radius 3 is 2.83 bits per heavy atom. The molecule has 5 N–H and O–H groups in total. The van der Waals surface area contributed by atoms with Crippen LogP contribution in [0.1, 0.15) is 25.8 Å². The highest BCUT2D eigenvalue weighted by atomic mass is 32.2. The summed E-state index contributed by atoms with van der Waals surface area (Å²) in [5.74, 6) is -1.37. The number of amidine groups is 1. The molecule has 0 spiro atoms. The first kappa shape index (κ1) is 22.9. The van der Waals surface area contributed by atoms with Gasteiger partial charge in [-0.1, -0.05) is 5.16 Å². The van der Waals surface area contributed by atoms with E-state index in [0.29, 0.717) is 10.8 Å². The number of halogens is 3. The number of rotatable bonds is 7. The number of hydrogen-bond donors (Lipinski definition) is 5. The van der Waals surface area contributed by atoms with Crippen LogP contribution in [0, 0.1) is 5.82 Å². The van der Waals surface area contributed by atoms with E-state index in [1.165, 1.54) is 19.9 Å². The lowest BCUT2D eigenvalue weighted by Gasteiger charge is -2.16. The molecule has 0 aliphatic carbocycles. The van der Waals surface area contributed by atoms with Crippen LogP contribution in [0.4, 0.5) is 18.9 Å². The van der Waals surface area contributed by atoms with Crippen LogP contribution in [0.5, 0.6) is 0 Å². The summed E-state index contributed by atoms with van der Waals surface area (Å²) < 4.78 is 39.1. The number of alkyl halides is 2. The summed E-state index contributed by atoms with van der Waals surface area (Å²) in [6.07, 6.45) is -3.02. The molecular weight excluding hydrogens is 415 g/mol. The van der Waals surface area contributed by atoms with Crippen LogP contribution in [0.3, 0.4) is 0 Å². The van der Waals surface area contributed by atoms with Gasteiger partial charge in [0.2, 0.25) is 0 Å². The fourth-order valence-electron chi connectivity index (χ4n) is 2.11. The van der Waals surface area contributed by atoms with Crippen molar-refractivity contribution in [3.05, 3.63) is 29.6 Å². The fraction of sp³-hybridized carbons (Fsp3) is 0.438. The Morgan fingerprint density at radius 2 is 2.21 bits per heavy atom. The number of carbonyl (C=O) groups excluding carboxylic acids is 1. The second kappa shape index (κ2) is 9.91. The van der Waals surface area contributed by atoms with Gasteiger partial charge in [0.15, 0.2) is 11.9 Å². The van der Waals surface area contributed by atoms with Crippen LogP contribution < -0.4 is 16.3 Å². The molecule has 160 valence electrons. The molecule has 1 atom stereocenters. The number of nitrogens with one attached hydrogen (secondary N) is 3. The second-order valence-electron chi connectivity index (χ2n) is 6.35. The van der Waals surface area contributed by atoms with Crippen LogP contribution in [0.2, 0.25) is 0 Å². The molecule has 1 aromatic carbocycles. The van der Waals surface area contributed by atoms with Gasteiger partial charge in [-0.15, -0.1) is 17.2 Å². The van der Waals surface area contributed by atoms with Crippen molar-refractivity contribution in [2.45, 2.75) is 31.9 Å². The molecule has 1 heterocycles. The van der Waals surface area contributed by atoms with E-state index in [-0.39, 0.29) is 18.1 Å². The molecule has 9 nitrogen and oxygen atoms in total. The second-order valence-corrected chi connectivity index (χ2v) is 7.47. The highest BCUT2D eigenvalue weighted by Crippen LogP contribution is 2.27. The van der Waals surface area contributed by atoms with Crippen LogP contribution >= 0.6 is 11.8 Å². The van der Waals surface area contributed by atoms with E-state index in [9.17, 15) is 28.3 Å². The first-order chi connectivity index (χ1) is 13.6. The maximum atomic E-state index is 13.4. The third-order valence-electron chi connectivity index (χ3n) is 3.60.